The number of hydrogen-bond donors (Lipinski definition) is 1. The van der Waals surface area contributed by atoms with Gasteiger partial charge >= 0.3 is 5.97 Å². The van der Waals surface area contributed by atoms with Gasteiger partial charge in [-0.1, -0.05) is 19.1 Å². The number of piperidine rings is 1. The number of nitrogens with zero attached hydrogens (tertiary/aromatic N) is 2. The quantitative estimate of drug-likeness (QED) is 0.356. The molecule has 6 heteroatoms. The highest BCUT2D eigenvalue weighted by Crippen LogP contribution is 2.15. The van der Waals surface area contributed by atoms with Crippen molar-refractivity contribution in [2.24, 2.45) is 16.6 Å². The zero-order valence-electron chi connectivity index (χ0n) is 13.1. The van der Waals surface area contributed by atoms with E-state index in [0.29, 0.717) is 18.1 Å². The molecule has 0 atom stereocenters. The second-order valence-corrected chi connectivity index (χ2v) is 5.54. The maximum atomic E-state index is 11.5. The number of hydrogen-bond acceptors (Lipinski definition) is 3. The first-order chi connectivity index (χ1) is 10.1. The average molecular weight is 417 g/mol. The van der Waals surface area contributed by atoms with Crippen molar-refractivity contribution in [3.63, 3.8) is 0 Å². The molecule has 0 saturated carbocycles. The van der Waals surface area contributed by atoms with Crippen LogP contribution in [-0.2, 0) is 11.3 Å². The van der Waals surface area contributed by atoms with Crippen LogP contribution in [0.5, 0.6) is 0 Å². The van der Waals surface area contributed by atoms with E-state index in [4.69, 9.17) is 10.5 Å². The second-order valence-electron chi connectivity index (χ2n) is 5.54. The highest BCUT2D eigenvalue weighted by molar-refractivity contribution is 14.0. The number of aliphatic imine (C=N–C) groups is 1. The lowest BCUT2D eigenvalue weighted by atomic mass is 10.00. The van der Waals surface area contributed by atoms with Crippen molar-refractivity contribution in [1.82, 2.24) is 4.90 Å². The van der Waals surface area contributed by atoms with Gasteiger partial charge in [0.1, 0.15) is 0 Å². The fraction of sp³-hybridized carbons (Fsp3) is 0.500. The van der Waals surface area contributed by atoms with Crippen LogP contribution >= 0.6 is 24.0 Å². The van der Waals surface area contributed by atoms with Crippen molar-refractivity contribution in [1.29, 1.82) is 0 Å². The van der Waals surface area contributed by atoms with E-state index in [1.165, 1.54) is 7.11 Å². The maximum Gasteiger partial charge on any atom is 0.337 e. The van der Waals surface area contributed by atoms with Gasteiger partial charge in [0.25, 0.3) is 0 Å². The molecule has 122 valence electrons. The molecule has 1 aliphatic rings. The van der Waals surface area contributed by atoms with Gasteiger partial charge < -0.3 is 15.4 Å². The zero-order chi connectivity index (χ0) is 15.2. The van der Waals surface area contributed by atoms with Crippen LogP contribution in [0.4, 0.5) is 0 Å². The number of likely N-dealkylation sites (tertiary alicyclic amines) is 1. The second kappa shape index (κ2) is 8.97. The van der Waals surface area contributed by atoms with E-state index in [-0.39, 0.29) is 29.9 Å². The Bertz CT molecular complexity index is 526. The molecular formula is C16H24IN3O2. The average Bonchev–Trinajstić information content (AvgIpc) is 2.52. The number of carbonyl (C=O) groups excluding carboxylic acids is 1. The largest absolute Gasteiger partial charge is 0.465 e. The molecule has 0 aromatic heterocycles. The molecule has 0 bridgehead atoms. The molecule has 1 fully saturated rings. The van der Waals surface area contributed by atoms with Crippen molar-refractivity contribution in [2.45, 2.75) is 26.3 Å². The highest BCUT2D eigenvalue weighted by Gasteiger charge is 2.16. The summed E-state index contributed by atoms with van der Waals surface area (Å²) in [7, 11) is 1.38. The smallest absolute Gasteiger partial charge is 0.337 e. The van der Waals surface area contributed by atoms with E-state index in [1.54, 1.807) is 12.1 Å². The van der Waals surface area contributed by atoms with E-state index in [9.17, 15) is 4.79 Å². The topological polar surface area (TPSA) is 67.9 Å². The van der Waals surface area contributed by atoms with Gasteiger partial charge in [-0.15, -0.1) is 24.0 Å². The Balaban J connectivity index is 0.00000242. The number of carbonyl (C=O) groups is 1. The highest BCUT2D eigenvalue weighted by atomic mass is 127. The third-order valence-electron chi connectivity index (χ3n) is 3.88. The molecule has 0 radical (unpaired) electrons. The number of benzene rings is 1. The summed E-state index contributed by atoms with van der Waals surface area (Å²) in [5, 5.41) is 0. The third kappa shape index (κ3) is 5.15. The number of ether oxygens (including phenoxy) is 1. The minimum Gasteiger partial charge on any atom is -0.465 e. The fourth-order valence-electron chi connectivity index (χ4n) is 2.42. The fourth-order valence-corrected chi connectivity index (χ4v) is 2.42. The predicted molar refractivity (Wildman–Crippen MR) is 98.5 cm³/mol. The molecule has 1 aliphatic heterocycles. The predicted octanol–water partition coefficient (Wildman–Crippen LogP) is 2.64. The summed E-state index contributed by atoms with van der Waals surface area (Å²) < 4.78 is 4.71. The molecule has 0 spiro atoms. The molecule has 2 N–H and O–H groups in total. The molecule has 2 rings (SSSR count). The Labute approximate surface area is 148 Å². The summed E-state index contributed by atoms with van der Waals surface area (Å²) in [6.07, 6.45) is 2.32. The molecular weight excluding hydrogens is 393 g/mol. The van der Waals surface area contributed by atoms with Crippen LogP contribution < -0.4 is 5.73 Å². The van der Waals surface area contributed by atoms with Crippen LogP contribution in [0.3, 0.4) is 0 Å². The van der Waals surface area contributed by atoms with Gasteiger partial charge in [-0.05, 0) is 36.5 Å². The Morgan fingerprint density at radius 3 is 2.73 bits per heavy atom. The standard InChI is InChI=1S/C16H23N3O2.HI/c1-12-6-8-19(9-7-12)16(17)18-11-13-4-3-5-14(10-13)15(20)21-2;/h3-5,10,12H,6-9,11H2,1-2H3,(H2,17,18);1H. The first kappa shape index (κ1) is 18.7. The van der Waals surface area contributed by atoms with Crippen LogP contribution in [0, 0.1) is 5.92 Å². The lowest BCUT2D eigenvalue weighted by Gasteiger charge is -2.31. The van der Waals surface area contributed by atoms with Gasteiger partial charge in [-0.25, -0.2) is 9.79 Å². The van der Waals surface area contributed by atoms with Gasteiger partial charge in [-0.2, -0.15) is 0 Å². The van der Waals surface area contributed by atoms with Crippen molar-refractivity contribution < 1.29 is 9.53 Å². The molecule has 5 nitrogen and oxygen atoms in total. The Morgan fingerprint density at radius 2 is 2.09 bits per heavy atom. The van der Waals surface area contributed by atoms with Gasteiger partial charge in [-0.3, -0.25) is 0 Å². The maximum absolute atomic E-state index is 11.5. The first-order valence-electron chi connectivity index (χ1n) is 7.32. The lowest BCUT2D eigenvalue weighted by Crippen LogP contribution is -2.42. The number of halogens is 1. The molecule has 0 amide bonds. The zero-order valence-corrected chi connectivity index (χ0v) is 15.4. The Kier molecular flexibility index (Phi) is 7.64. The van der Waals surface area contributed by atoms with Crippen molar-refractivity contribution in [3.8, 4) is 0 Å². The molecule has 22 heavy (non-hydrogen) atoms. The van der Waals surface area contributed by atoms with Crippen LogP contribution in [0.15, 0.2) is 29.3 Å². The van der Waals surface area contributed by atoms with E-state index < -0.39 is 0 Å². The van der Waals surface area contributed by atoms with E-state index in [2.05, 4.69) is 16.8 Å². The van der Waals surface area contributed by atoms with Crippen molar-refractivity contribution in [2.75, 3.05) is 20.2 Å². The van der Waals surface area contributed by atoms with E-state index in [1.807, 2.05) is 12.1 Å². The summed E-state index contributed by atoms with van der Waals surface area (Å²) in [5.74, 6) is 1.02. The molecule has 0 aliphatic carbocycles. The van der Waals surface area contributed by atoms with Gasteiger partial charge in [0.05, 0.1) is 19.2 Å². The number of esters is 1. The minimum absolute atomic E-state index is 0. The minimum atomic E-state index is -0.334. The van der Waals surface area contributed by atoms with Gasteiger partial charge in [0.15, 0.2) is 5.96 Å². The van der Waals surface area contributed by atoms with Gasteiger partial charge in [0.2, 0.25) is 0 Å². The normalized spacial score (nSPS) is 16.1. The number of methoxy groups -OCH3 is 1. The van der Waals surface area contributed by atoms with Crippen molar-refractivity contribution in [3.05, 3.63) is 35.4 Å². The lowest BCUT2D eigenvalue weighted by molar-refractivity contribution is 0.0600. The number of nitrogens with two attached hydrogens (primary N) is 1. The molecule has 1 saturated heterocycles. The number of guanidine groups is 1. The van der Waals surface area contributed by atoms with Crippen LogP contribution in [-0.4, -0.2) is 37.0 Å². The molecule has 1 aromatic carbocycles. The Morgan fingerprint density at radius 1 is 1.41 bits per heavy atom. The first-order valence-corrected chi connectivity index (χ1v) is 7.32. The summed E-state index contributed by atoms with van der Waals surface area (Å²) >= 11 is 0. The SMILES string of the molecule is COC(=O)c1cccc(CN=C(N)N2CCC(C)CC2)c1.I. The Hall–Kier alpha value is -1.31. The summed E-state index contributed by atoms with van der Waals surface area (Å²) in [4.78, 5) is 18.1. The van der Waals surface area contributed by atoms with Crippen LogP contribution in [0.25, 0.3) is 0 Å². The summed E-state index contributed by atoms with van der Waals surface area (Å²) in [6.45, 7) is 4.68. The van der Waals surface area contributed by atoms with Crippen LogP contribution in [0.1, 0.15) is 35.7 Å². The van der Waals surface area contributed by atoms with Gasteiger partial charge in [0, 0.05) is 13.1 Å². The monoisotopic (exact) mass is 417 g/mol. The van der Waals surface area contributed by atoms with E-state index in [0.717, 1.165) is 37.4 Å². The van der Waals surface area contributed by atoms with E-state index >= 15 is 0 Å². The molecule has 1 aromatic rings. The summed E-state index contributed by atoms with van der Waals surface area (Å²) in [6, 6.07) is 7.28. The summed E-state index contributed by atoms with van der Waals surface area (Å²) in [5.41, 5.74) is 7.54. The van der Waals surface area contributed by atoms with Crippen LogP contribution in [0.2, 0.25) is 0 Å². The van der Waals surface area contributed by atoms with Crippen molar-refractivity contribution >= 4 is 35.9 Å². The molecule has 1 heterocycles. The third-order valence-corrected chi connectivity index (χ3v) is 3.88. The number of rotatable bonds is 3. The molecule has 0 unspecified atom stereocenters.